The highest BCUT2D eigenvalue weighted by Crippen LogP contribution is 2.28. The van der Waals surface area contributed by atoms with E-state index in [1.54, 1.807) is 6.07 Å². The first kappa shape index (κ1) is 13.4. The van der Waals surface area contributed by atoms with E-state index in [1.165, 1.54) is 31.2 Å². The first-order valence-corrected chi connectivity index (χ1v) is 7.05. The lowest BCUT2D eigenvalue weighted by Crippen LogP contribution is -2.34. The van der Waals surface area contributed by atoms with Gasteiger partial charge in [-0.05, 0) is 51.6 Å². The zero-order chi connectivity index (χ0) is 13.1. The number of aryl methyl sites for hydroxylation is 1. The molecule has 0 atom stereocenters. The van der Waals surface area contributed by atoms with Crippen LogP contribution < -0.4 is 0 Å². The van der Waals surface area contributed by atoms with Crippen molar-refractivity contribution in [2.45, 2.75) is 52.1 Å². The summed E-state index contributed by atoms with van der Waals surface area (Å²) in [6, 6.07) is 6.54. The summed E-state index contributed by atoms with van der Waals surface area (Å²) in [6.45, 7) is 5.28. The maximum Gasteiger partial charge on any atom is 0.120 e. The summed E-state index contributed by atoms with van der Waals surface area (Å²) in [5, 5.41) is 9.90. The van der Waals surface area contributed by atoms with Crippen molar-refractivity contribution < 1.29 is 5.11 Å². The van der Waals surface area contributed by atoms with Gasteiger partial charge in [-0.15, -0.1) is 0 Å². The molecule has 0 saturated heterocycles. The largest absolute Gasteiger partial charge is 0.508 e. The van der Waals surface area contributed by atoms with E-state index in [9.17, 15) is 5.11 Å². The number of phenolic OH excluding ortho intramolecular Hbond substituents is 1. The Morgan fingerprint density at radius 2 is 1.89 bits per heavy atom. The van der Waals surface area contributed by atoms with Gasteiger partial charge < -0.3 is 5.11 Å². The van der Waals surface area contributed by atoms with Crippen molar-refractivity contribution in [1.29, 1.82) is 0 Å². The molecule has 0 spiro atoms. The van der Waals surface area contributed by atoms with Gasteiger partial charge in [0.25, 0.3) is 0 Å². The average molecular weight is 247 g/mol. The van der Waals surface area contributed by atoms with Crippen LogP contribution >= 0.6 is 0 Å². The number of aromatic hydroxyl groups is 1. The topological polar surface area (TPSA) is 23.5 Å². The third-order valence-corrected chi connectivity index (χ3v) is 4.26. The fraction of sp³-hybridized carbons (Fsp3) is 0.625. The van der Waals surface area contributed by atoms with Crippen LogP contribution in [-0.4, -0.2) is 23.1 Å². The molecular weight excluding hydrogens is 222 g/mol. The monoisotopic (exact) mass is 247 g/mol. The molecule has 18 heavy (non-hydrogen) atoms. The first-order valence-electron chi connectivity index (χ1n) is 7.05. The molecule has 0 radical (unpaired) electrons. The van der Waals surface area contributed by atoms with Crippen LogP contribution in [0, 0.1) is 12.8 Å². The Balaban J connectivity index is 1.98. The van der Waals surface area contributed by atoms with Crippen molar-refractivity contribution in [3.8, 4) is 5.75 Å². The molecule has 1 aliphatic carbocycles. The Morgan fingerprint density at radius 1 is 1.22 bits per heavy atom. The van der Waals surface area contributed by atoms with Gasteiger partial charge in [0.2, 0.25) is 0 Å². The van der Waals surface area contributed by atoms with Crippen LogP contribution in [0.2, 0.25) is 0 Å². The summed E-state index contributed by atoms with van der Waals surface area (Å²) < 4.78 is 0. The molecule has 1 aromatic rings. The molecule has 0 aliphatic heterocycles. The van der Waals surface area contributed by atoms with E-state index in [1.807, 2.05) is 6.07 Å². The number of hydrogen-bond acceptors (Lipinski definition) is 2. The van der Waals surface area contributed by atoms with Gasteiger partial charge in [0.1, 0.15) is 5.75 Å². The Labute approximate surface area is 111 Å². The summed E-state index contributed by atoms with van der Waals surface area (Å²) in [7, 11) is 2.18. The first-order chi connectivity index (χ1) is 8.56. The van der Waals surface area contributed by atoms with E-state index in [-0.39, 0.29) is 0 Å². The van der Waals surface area contributed by atoms with E-state index in [4.69, 9.17) is 0 Å². The highest BCUT2D eigenvalue weighted by Gasteiger charge is 2.22. The molecule has 0 aromatic heterocycles. The van der Waals surface area contributed by atoms with E-state index >= 15 is 0 Å². The van der Waals surface area contributed by atoms with Crippen LogP contribution in [0.25, 0.3) is 0 Å². The van der Waals surface area contributed by atoms with Gasteiger partial charge >= 0.3 is 0 Å². The Hall–Kier alpha value is -1.02. The molecule has 0 heterocycles. The smallest absolute Gasteiger partial charge is 0.120 e. The summed E-state index contributed by atoms with van der Waals surface area (Å²) >= 11 is 0. The second kappa shape index (κ2) is 5.75. The van der Waals surface area contributed by atoms with Crippen molar-refractivity contribution in [2.75, 3.05) is 7.05 Å². The predicted octanol–water partition coefficient (Wildman–Crippen LogP) is 3.71. The average Bonchev–Trinajstić information content (AvgIpc) is 2.34. The molecule has 1 fully saturated rings. The van der Waals surface area contributed by atoms with E-state index < -0.39 is 0 Å². The van der Waals surface area contributed by atoms with Crippen LogP contribution in [0.1, 0.15) is 43.7 Å². The van der Waals surface area contributed by atoms with Gasteiger partial charge in [-0.3, -0.25) is 4.90 Å². The van der Waals surface area contributed by atoms with Crippen molar-refractivity contribution in [3.05, 3.63) is 29.3 Å². The van der Waals surface area contributed by atoms with Gasteiger partial charge in [0.05, 0.1) is 0 Å². The van der Waals surface area contributed by atoms with Gasteiger partial charge in [-0.25, -0.2) is 0 Å². The van der Waals surface area contributed by atoms with Gasteiger partial charge in [-0.2, -0.15) is 0 Å². The minimum absolute atomic E-state index is 0.427. The molecule has 2 heteroatoms. The van der Waals surface area contributed by atoms with Gasteiger partial charge in [-0.1, -0.05) is 24.6 Å². The predicted molar refractivity (Wildman–Crippen MR) is 75.7 cm³/mol. The number of rotatable bonds is 3. The second-order valence-corrected chi connectivity index (χ2v) is 5.96. The molecule has 1 aromatic carbocycles. The van der Waals surface area contributed by atoms with Gasteiger partial charge in [0, 0.05) is 18.2 Å². The fourth-order valence-electron chi connectivity index (χ4n) is 2.92. The van der Waals surface area contributed by atoms with Crippen molar-refractivity contribution in [2.24, 2.45) is 5.92 Å². The van der Waals surface area contributed by atoms with E-state index in [0.717, 1.165) is 18.0 Å². The number of hydrogen-bond donors (Lipinski definition) is 1. The zero-order valence-corrected chi connectivity index (χ0v) is 11.8. The van der Waals surface area contributed by atoms with Crippen LogP contribution in [-0.2, 0) is 6.54 Å². The standard InChI is InChI=1S/C16H25NO/c1-12-4-7-15(8-5-12)17(3)11-14-10-13(2)6-9-16(14)18/h6,9-10,12,15,18H,4-5,7-8,11H2,1-3H3. The lowest BCUT2D eigenvalue weighted by atomic mass is 9.86. The highest BCUT2D eigenvalue weighted by molar-refractivity contribution is 5.35. The molecular formula is C16H25NO. The quantitative estimate of drug-likeness (QED) is 0.880. The third kappa shape index (κ3) is 3.26. The number of benzene rings is 1. The molecule has 2 rings (SSSR count). The molecule has 1 saturated carbocycles. The van der Waals surface area contributed by atoms with Crippen LogP contribution in [0.5, 0.6) is 5.75 Å². The summed E-state index contributed by atoms with van der Waals surface area (Å²) in [5.41, 5.74) is 2.27. The highest BCUT2D eigenvalue weighted by atomic mass is 16.3. The minimum atomic E-state index is 0.427. The summed E-state index contributed by atoms with van der Waals surface area (Å²) in [5.74, 6) is 1.32. The minimum Gasteiger partial charge on any atom is -0.508 e. The van der Waals surface area contributed by atoms with Gasteiger partial charge in [0.15, 0.2) is 0 Å². The Kier molecular flexibility index (Phi) is 4.28. The van der Waals surface area contributed by atoms with Crippen molar-refractivity contribution in [1.82, 2.24) is 4.90 Å². The SMILES string of the molecule is Cc1ccc(O)c(CN(C)C2CCC(C)CC2)c1. The van der Waals surface area contributed by atoms with Crippen LogP contribution in [0.4, 0.5) is 0 Å². The maximum absolute atomic E-state index is 9.90. The molecule has 0 amide bonds. The second-order valence-electron chi connectivity index (χ2n) is 5.96. The lowest BCUT2D eigenvalue weighted by Gasteiger charge is -2.33. The molecule has 0 bridgehead atoms. The molecule has 1 N–H and O–H groups in total. The third-order valence-electron chi connectivity index (χ3n) is 4.26. The Bertz CT molecular complexity index is 394. The fourth-order valence-corrected chi connectivity index (χ4v) is 2.92. The Morgan fingerprint density at radius 3 is 2.56 bits per heavy atom. The zero-order valence-electron chi connectivity index (χ0n) is 11.8. The van der Waals surface area contributed by atoms with Crippen molar-refractivity contribution >= 4 is 0 Å². The van der Waals surface area contributed by atoms with Crippen LogP contribution in [0.15, 0.2) is 18.2 Å². The molecule has 100 valence electrons. The normalized spacial score (nSPS) is 24.4. The van der Waals surface area contributed by atoms with Crippen molar-refractivity contribution in [3.63, 3.8) is 0 Å². The molecule has 1 aliphatic rings. The summed E-state index contributed by atoms with van der Waals surface area (Å²) in [6.07, 6.45) is 5.28. The number of phenols is 1. The molecule has 0 unspecified atom stereocenters. The molecule has 2 nitrogen and oxygen atoms in total. The maximum atomic E-state index is 9.90. The van der Waals surface area contributed by atoms with E-state index in [0.29, 0.717) is 11.8 Å². The van der Waals surface area contributed by atoms with E-state index in [2.05, 4.69) is 31.9 Å². The summed E-state index contributed by atoms with van der Waals surface area (Å²) in [4.78, 5) is 2.40. The van der Waals surface area contributed by atoms with Crippen LogP contribution in [0.3, 0.4) is 0 Å². The lowest BCUT2D eigenvalue weighted by molar-refractivity contribution is 0.162. The number of nitrogens with zero attached hydrogens (tertiary/aromatic N) is 1.